The van der Waals surface area contributed by atoms with Gasteiger partial charge in [-0.15, -0.1) is 0 Å². The van der Waals surface area contributed by atoms with E-state index < -0.39 is 5.79 Å². The zero-order chi connectivity index (χ0) is 10.6. The first kappa shape index (κ1) is 11.7. The minimum Gasteiger partial charge on any atom is -0.348 e. The molecule has 1 aliphatic heterocycles. The number of ketones is 1. The molecule has 0 aliphatic carbocycles. The van der Waals surface area contributed by atoms with E-state index in [0.717, 1.165) is 6.42 Å². The Morgan fingerprint density at radius 1 is 1.36 bits per heavy atom. The summed E-state index contributed by atoms with van der Waals surface area (Å²) in [5, 5.41) is 0. The van der Waals surface area contributed by atoms with Crippen molar-refractivity contribution in [3.05, 3.63) is 0 Å². The predicted molar refractivity (Wildman–Crippen MR) is 54.0 cm³/mol. The van der Waals surface area contributed by atoms with Crippen LogP contribution in [0.4, 0.5) is 0 Å². The Morgan fingerprint density at radius 2 is 1.93 bits per heavy atom. The summed E-state index contributed by atoms with van der Waals surface area (Å²) in [5.74, 6) is 0.257. The van der Waals surface area contributed by atoms with E-state index in [1.54, 1.807) is 6.92 Å². The van der Waals surface area contributed by atoms with Gasteiger partial charge in [0.1, 0.15) is 5.78 Å². The summed E-state index contributed by atoms with van der Waals surface area (Å²) in [6, 6.07) is 0. The molecule has 0 aromatic carbocycles. The van der Waals surface area contributed by atoms with Crippen LogP contribution in [0.3, 0.4) is 0 Å². The van der Waals surface area contributed by atoms with Gasteiger partial charge in [0, 0.05) is 19.3 Å². The highest BCUT2D eigenvalue weighted by Gasteiger charge is 2.36. The average Bonchev–Trinajstić information content (AvgIpc) is 2.49. The van der Waals surface area contributed by atoms with Gasteiger partial charge in [0.2, 0.25) is 0 Å². The predicted octanol–water partition coefficient (Wildman–Crippen LogP) is 2.14. The molecule has 1 heterocycles. The number of hydrogen-bond donors (Lipinski definition) is 0. The summed E-state index contributed by atoms with van der Waals surface area (Å²) < 4.78 is 11.3. The van der Waals surface area contributed by atoms with Crippen molar-refractivity contribution in [2.24, 2.45) is 5.92 Å². The fraction of sp³-hybridized carbons (Fsp3) is 0.909. The van der Waals surface area contributed by atoms with E-state index in [1.807, 2.05) is 0 Å². The van der Waals surface area contributed by atoms with E-state index in [0.29, 0.717) is 32.0 Å². The monoisotopic (exact) mass is 200 g/mol. The molecule has 0 spiro atoms. The molecule has 3 nitrogen and oxygen atoms in total. The van der Waals surface area contributed by atoms with Crippen LogP contribution in [0.5, 0.6) is 0 Å². The van der Waals surface area contributed by atoms with Crippen molar-refractivity contribution >= 4 is 5.78 Å². The van der Waals surface area contributed by atoms with Crippen LogP contribution < -0.4 is 0 Å². The first-order chi connectivity index (χ1) is 6.54. The maximum absolute atomic E-state index is 10.9. The molecule has 0 saturated carbocycles. The number of hydrogen-bond acceptors (Lipinski definition) is 3. The fourth-order valence-corrected chi connectivity index (χ4v) is 1.85. The number of Topliss-reactive ketones (excluding diaryl/α,β-unsaturated/α-hetero) is 1. The van der Waals surface area contributed by atoms with E-state index in [4.69, 9.17) is 9.47 Å². The molecule has 0 aromatic heterocycles. The summed E-state index contributed by atoms with van der Waals surface area (Å²) >= 11 is 0. The number of carbonyl (C=O) groups excluding carboxylic acids is 1. The summed E-state index contributed by atoms with van der Waals surface area (Å²) in [6.45, 7) is 7.20. The molecule has 0 unspecified atom stereocenters. The molecule has 0 N–H and O–H groups in total. The van der Waals surface area contributed by atoms with E-state index in [9.17, 15) is 4.79 Å². The highest BCUT2D eigenvalue weighted by molar-refractivity contribution is 5.75. The highest BCUT2D eigenvalue weighted by Crippen LogP contribution is 2.31. The van der Waals surface area contributed by atoms with Gasteiger partial charge in [-0.05, 0) is 12.8 Å². The van der Waals surface area contributed by atoms with Crippen molar-refractivity contribution < 1.29 is 14.3 Å². The van der Waals surface area contributed by atoms with Crippen molar-refractivity contribution in [3.8, 4) is 0 Å². The van der Waals surface area contributed by atoms with Crippen LogP contribution in [0.1, 0.15) is 40.0 Å². The lowest BCUT2D eigenvalue weighted by Crippen LogP contribution is -2.32. The molecule has 14 heavy (non-hydrogen) atoms. The first-order valence-corrected chi connectivity index (χ1v) is 5.31. The molecule has 0 atom stereocenters. The largest absolute Gasteiger partial charge is 0.348 e. The van der Waals surface area contributed by atoms with E-state index >= 15 is 0 Å². The zero-order valence-corrected chi connectivity index (χ0v) is 9.34. The Kier molecular flexibility index (Phi) is 4.08. The van der Waals surface area contributed by atoms with Gasteiger partial charge in [-0.3, -0.25) is 0 Å². The third-order valence-electron chi connectivity index (χ3n) is 2.39. The van der Waals surface area contributed by atoms with E-state index in [1.165, 1.54) is 0 Å². The van der Waals surface area contributed by atoms with Crippen LogP contribution in [0, 0.1) is 5.92 Å². The lowest BCUT2D eigenvalue weighted by Gasteiger charge is -2.28. The minimum atomic E-state index is -0.472. The van der Waals surface area contributed by atoms with Gasteiger partial charge >= 0.3 is 0 Å². The Balaban J connectivity index is 2.48. The van der Waals surface area contributed by atoms with Crippen molar-refractivity contribution in [1.29, 1.82) is 0 Å². The first-order valence-electron chi connectivity index (χ1n) is 5.31. The van der Waals surface area contributed by atoms with Gasteiger partial charge < -0.3 is 14.3 Å². The fourth-order valence-electron chi connectivity index (χ4n) is 1.85. The Morgan fingerprint density at radius 3 is 2.36 bits per heavy atom. The molecule has 1 saturated heterocycles. The molecular formula is C11H20O3. The third kappa shape index (κ3) is 3.39. The zero-order valence-electron chi connectivity index (χ0n) is 9.34. The van der Waals surface area contributed by atoms with Gasteiger partial charge in [-0.1, -0.05) is 13.8 Å². The van der Waals surface area contributed by atoms with Crippen LogP contribution in [-0.2, 0) is 14.3 Å². The Hall–Kier alpha value is -0.410. The van der Waals surface area contributed by atoms with Gasteiger partial charge in [0.05, 0.1) is 13.2 Å². The summed E-state index contributed by atoms with van der Waals surface area (Å²) in [6.07, 6.45) is 2.12. The molecule has 82 valence electrons. The van der Waals surface area contributed by atoms with Crippen molar-refractivity contribution in [2.75, 3.05) is 13.2 Å². The van der Waals surface area contributed by atoms with Crippen LogP contribution in [0.15, 0.2) is 0 Å². The smallest absolute Gasteiger partial charge is 0.169 e. The molecule has 0 bridgehead atoms. The normalized spacial score (nSPS) is 20.3. The van der Waals surface area contributed by atoms with Gasteiger partial charge in [-0.2, -0.15) is 0 Å². The van der Waals surface area contributed by atoms with Crippen LogP contribution in [-0.4, -0.2) is 24.8 Å². The number of rotatable bonds is 5. The number of ether oxygens (including phenoxy) is 2. The van der Waals surface area contributed by atoms with Crippen molar-refractivity contribution in [1.82, 2.24) is 0 Å². The Labute approximate surface area is 85.8 Å². The SMILES string of the molecule is CC(=O)CCC1(CC(C)C)OCCO1. The maximum atomic E-state index is 10.9. The summed E-state index contributed by atoms with van der Waals surface area (Å²) in [5.41, 5.74) is 0. The molecular weight excluding hydrogens is 180 g/mol. The Bertz CT molecular complexity index is 193. The van der Waals surface area contributed by atoms with Crippen molar-refractivity contribution in [3.63, 3.8) is 0 Å². The molecule has 3 heteroatoms. The maximum Gasteiger partial charge on any atom is 0.169 e. The molecule has 1 aliphatic rings. The van der Waals surface area contributed by atoms with E-state index in [2.05, 4.69) is 13.8 Å². The summed E-state index contributed by atoms with van der Waals surface area (Å²) in [4.78, 5) is 10.9. The lowest BCUT2D eigenvalue weighted by atomic mass is 9.97. The van der Waals surface area contributed by atoms with E-state index in [-0.39, 0.29) is 5.78 Å². The second-order valence-corrected chi connectivity index (χ2v) is 4.41. The third-order valence-corrected chi connectivity index (χ3v) is 2.39. The van der Waals surface area contributed by atoms with Gasteiger partial charge in [0.25, 0.3) is 0 Å². The van der Waals surface area contributed by atoms with Gasteiger partial charge in [-0.25, -0.2) is 0 Å². The standard InChI is InChI=1S/C11H20O3/c1-9(2)8-11(5-4-10(3)12)13-6-7-14-11/h9H,4-8H2,1-3H3. The molecule has 0 amide bonds. The quantitative estimate of drug-likeness (QED) is 0.682. The van der Waals surface area contributed by atoms with Crippen LogP contribution in [0.25, 0.3) is 0 Å². The molecule has 1 rings (SSSR count). The number of carbonyl (C=O) groups is 1. The molecule has 0 radical (unpaired) electrons. The summed E-state index contributed by atoms with van der Waals surface area (Å²) in [7, 11) is 0. The van der Waals surface area contributed by atoms with Crippen LogP contribution in [0.2, 0.25) is 0 Å². The second-order valence-electron chi connectivity index (χ2n) is 4.41. The second kappa shape index (κ2) is 4.89. The van der Waals surface area contributed by atoms with Gasteiger partial charge in [0.15, 0.2) is 5.79 Å². The highest BCUT2D eigenvalue weighted by atomic mass is 16.7. The topological polar surface area (TPSA) is 35.5 Å². The molecule has 1 fully saturated rings. The molecule has 0 aromatic rings. The minimum absolute atomic E-state index is 0.201. The van der Waals surface area contributed by atoms with Crippen molar-refractivity contribution in [2.45, 2.75) is 45.8 Å². The average molecular weight is 200 g/mol. The van der Waals surface area contributed by atoms with Crippen LogP contribution >= 0.6 is 0 Å². The lowest BCUT2D eigenvalue weighted by molar-refractivity contribution is -0.174.